The Labute approximate surface area is 133 Å². The fourth-order valence-electron chi connectivity index (χ4n) is 1.97. The number of ether oxygens (including phenoxy) is 1. The molecule has 2 rings (SSSR count). The standard InChI is InChI=1S/C16H18N2O3S/c1-4-13-10(2)9-14(22-13)16(20)18-17-15(19)11-5-7-12(21-3)8-6-11/h5-9H,4H2,1-3H3,(H,17,19)(H,18,20). The normalized spacial score (nSPS) is 10.1. The van der Waals surface area contributed by atoms with Gasteiger partial charge in [0.15, 0.2) is 0 Å². The second-order valence-electron chi connectivity index (χ2n) is 4.71. The number of thiophene rings is 1. The van der Waals surface area contributed by atoms with Crippen LogP contribution < -0.4 is 15.6 Å². The molecular weight excluding hydrogens is 300 g/mol. The van der Waals surface area contributed by atoms with Gasteiger partial charge in [0.1, 0.15) is 5.75 Å². The lowest BCUT2D eigenvalue weighted by molar-refractivity contribution is 0.0849. The summed E-state index contributed by atoms with van der Waals surface area (Å²) in [5.74, 6) is -0.0172. The molecule has 0 saturated heterocycles. The summed E-state index contributed by atoms with van der Waals surface area (Å²) in [7, 11) is 1.56. The number of nitrogens with one attached hydrogen (secondary N) is 2. The average Bonchev–Trinajstić information content (AvgIpc) is 2.93. The van der Waals surface area contributed by atoms with E-state index in [2.05, 4.69) is 10.9 Å². The van der Waals surface area contributed by atoms with Gasteiger partial charge in [-0.05, 0) is 49.2 Å². The molecule has 0 aliphatic carbocycles. The number of carbonyl (C=O) groups excluding carboxylic acids is 2. The van der Waals surface area contributed by atoms with Crippen molar-refractivity contribution in [3.05, 3.63) is 51.2 Å². The number of hydrogen-bond acceptors (Lipinski definition) is 4. The Morgan fingerprint density at radius 2 is 1.77 bits per heavy atom. The third-order valence-corrected chi connectivity index (χ3v) is 4.59. The van der Waals surface area contributed by atoms with Crippen molar-refractivity contribution in [3.8, 4) is 5.75 Å². The largest absolute Gasteiger partial charge is 0.497 e. The Hall–Kier alpha value is -2.34. The zero-order valence-electron chi connectivity index (χ0n) is 12.7. The number of aryl methyl sites for hydroxylation is 2. The molecule has 0 radical (unpaired) electrons. The SMILES string of the molecule is CCc1sc(C(=O)NNC(=O)c2ccc(OC)cc2)cc1C. The Bertz CT molecular complexity index is 677. The maximum Gasteiger partial charge on any atom is 0.279 e. The van der Waals surface area contributed by atoms with Crippen molar-refractivity contribution in [1.29, 1.82) is 0 Å². The van der Waals surface area contributed by atoms with Crippen LogP contribution in [0.25, 0.3) is 0 Å². The van der Waals surface area contributed by atoms with Gasteiger partial charge < -0.3 is 4.74 Å². The number of methoxy groups -OCH3 is 1. The highest BCUT2D eigenvalue weighted by atomic mass is 32.1. The molecule has 1 aromatic heterocycles. The number of hydrogen-bond donors (Lipinski definition) is 2. The fourth-order valence-corrected chi connectivity index (χ4v) is 2.98. The predicted octanol–water partition coefficient (Wildman–Crippen LogP) is 2.70. The van der Waals surface area contributed by atoms with E-state index < -0.39 is 0 Å². The van der Waals surface area contributed by atoms with E-state index in [4.69, 9.17) is 4.74 Å². The van der Waals surface area contributed by atoms with Crippen LogP contribution in [-0.2, 0) is 6.42 Å². The van der Waals surface area contributed by atoms with Crippen molar-refractivity contribution < 1.29 is 14.3 Å². The molecule has 2 N–H and O–H groups in total. The molecule has 1 heterocycles. The van der Waals surface area contributed by atoms with Crippen LogP contribution in [0.5, 0.6) is 5.75 Å². The monoisotopic (exact) mass is 318 g/mol. The summed E-state index contributed by atoms with van der Waals surface area (Å²) in [4.78, 5) is 25.7. The van der Waals surface area contributed by atoms with Crippen LogP contribution in [0.2, 0.25) is 0 Å². The minimum Gasteiger partial charge on any atom is -0.497 e. The number of hydrazine groups is 1. The highest BCUT2D eigenvalue weighted by molar-refractivity contribution is 7.14. The summed E-state index contributed by atoms with van der Waals surface area (Å²) in [6.07, 6.45) is 0.891. The first-order valence-corrected chi connectivity index (χ1v) is 7.70. The minimum absolute atomic E-state index is 0.310. The molecule has 0 aliphatic rings. The van der Waals surface area contributed by atoms with E-state index in [1.807, 2.05) is 19.9 Å². The molecule has 116 valence electrons. The molecular formula is C16H18N2O3S. The van der Waals surface area contributed by atoms with E-state index in [1.165, 1.54) is 16.2 Å². The lowest BCUT2D eigenvalue weighted by Gasteiger charge is -2.07. The lowest BCUT2D eigenvalue weighted by Crippen LogP contribution is -2.41. The van der Waals surface area contributed by atoms with Crippen molar-refractivity contribution in [2.75, 3.05) is 7.11 Å². The van der Waals surface area contributed by atoms with Crippen LogP contribution in [0.4, 0.5) is 0 Å². The van der Waals surface area contributed by atoms with Gasteiger partial charge in [0, 0.05) is 10.4 Å². The molecule has 0 saturated carbocycles. The first-order chi connectivity index (χ1) is 10.5. The highest BCUT2D eigenvalue weighted by Gasteiger charge is 2.13. The maximum atomic E-state index is 12.0. The Morgan fingerprint density at radius 3 is 2.32 bits per heavy atom. The summed E-state index contributed by atoms with van der Waals surface area (Å²) in [6.45, 7) is 4.02. The summed E-state index contributed by atoms with van der Waals surface area (Å²) in [5.41, 5.74) is 6.38. The third kappa shape index (κ3) is 3.65. The molecule has 0 aliphatic heterocycles. The second-order valence-corrected chi connectivity index (χ2v) is 5.84. The zero-order valence-corrected chi connectivity index (χ0v) is 13.5. The van der Waals surface area contributed by atoms with Gasteiger partial charge in [-0.3, -0.25) is 20.4 Å². The molecule has 6 heteroatoms. The first-order valence-electron chi connectivity index (χ1n) is 6.89. The summed E-state index contributed by atoms with van der Waals surface area (Å²) in [6, 6.07) is 8.47. The topological polar surface area (TPSA) is 67.4 Å². The van der Waals surface area contributed by atoms with Gasteiger partial charge in [0.25, 0.3) is 11.8 Å². The van der Waals surface area contributed by atoms with Crippen molar-refractivity contribution in [1.82, 2.24) is 10.9 Å². The van der Waals surface area contributed by atoms with Crippen LogP contribution in [0.3, 0.4) is 0 Å². The van der Waals surface area contributed by atoms with Crippen molar-refractivity contribution in [2.24, 2.45) is 0 Å². The Kier molecular flexibility index (Phi) is 5.16. The molecule has 1 aromatic carbocycles. The third-order valence-electron chi connectivity index (χ3n) is 3.21. The first kappa shape index (κ1) is 16.0. The number of amides is 2. The lowest BCUT2D eigenvalue weighted by atomic mass is 10.2. The molecule has 0 atom stereocenters. The van der Waals surface area contributed by atoms with E-state index in [0.717, 1.165) is 12.0 Å². The predicted molar refractivity (Wildman–Crippen MR) is 86.4 cm³/mol. The van der Waals surface area contributed by atoms with Crippen LogP contribution in [0.15, 0.2) is 30.3 Å². The Morgan fingerprint density at radius 1 is 1.14 bits per heavy atom. The average molecular weight is 318 g/mol. The van der Waals surface area contributed by atoms with Gasteiger partial charge >= 0.3 is 0 Å². The van der Waals surface area contributed by atoms with E-state index in [9.17, 15) is 9.59 Å². The van der Waals surface area contributed by atoms with Crippen molar-refractivity contribution >= 4 is 23.2 Å². The molecule has 0 unspecified atom stereocenters. The summed E-state index contributed by atoms with van der Waals surface area (Å²) in [5, 5.41) is 0. The van der Waals surface area contributed by atoms with Gasteiger partial charge in [-0.15, -0.1) is 11.3 Å². The molecule has 0 fully saturated rings. The number of rotatable bonds is 4. The molecule has 2 amide bonds. The van der Waals surface area contributed by atoms with E-state index in [1.54, 1.807) is 31.4 Å². The van der Waals surface area contributed by atoms with Crippen molar-refractivity contribution in [3.63, 3.8) is 0 Å². The van der Waals surface area contributed by atoms with Crippen molar-refractivity contribution in [2.45, 2.75) is 20.3 Å². The molecule has 22 heavy (non-hydrogen) atoms. The molecule has 2 aromatic rings. The second kappa shape index (κ2) is 7.09. The molecule has 5 nitrogen and oxygen atoms in total. The van der Waals surface area contributed by atoms with Gasteiger partial charge in [0.2, 0.25) is 0 Å². The Balaban J connectivity index is 1.96. The van der Waals surface area contributed by atoms with E-state index >= 15 is 0 Å². The minimum atomic E-state index is -0.375. The van der Waals surface area contributed by atoms with Crippen LogP contribution in [-0.4, -0.2) is 18.9 Å². The smallest absolute Gasteiger partial charge is 0.279 e. The van der Waals surface area contributed by atoms with Crippen LogP contribution >= 0.6 is 11.3 Å². The van der Waals surface area contributed by atoms with Gasteiger partial charge in [-0.1, -0.05) is 6.92 Å². The number of carbonyl (C=O) groups is 2. The molecule has 0 bridgehead atoms. The van der Waals surface area contributed by atoms with Gasteiger partial charge in [-0.2, -0.15) is 0 Å². The van der Waals surface area contributed by atoms with Crippen LogP contribution in [0, 0.1) is 6.92 Å². The van der Waals surface area contributed by atoms with Gasteiger partial charge in [-0.25, -0.2) is 0 Å². The van der Waals surface area contributed by atoms with Gasteiger partial charge in [0.05, 0.1) is 12.0 Å². The zero-order chi connectivity index (χ0) is 16.1. The van der Waals surface area contributed by atoms with Crippen LogP contribution in [0.1, 0.15) is 37.4 Å². The highest BCUT2D eigenvalue weighted by Crippen LogP contribution is 2.22. The summed E-state index contributed by atoms with van der Waals surface area (Å²) >= 11 is 1.44. The van der Waals surface area contributed by atoms with E-state index in [0.29, 0.717) is 16.2 Å². The molecule has 0 spiro atoms. The maximum absolute atomic E-state index is 12.0. The summed E-state index contributed by atoms with van der Waals surface area (Å²) < 4.78 is 5.03. The quantitative estimate of drug-likeness (QED) is 0.852. The number of benzene rings is 1. The fraction of sp³-hybridized carbons (Fsp3) is 0.250. The van der Waals surface area contributed by atoms with E-state index in [-0.39, 0.29) is 11.8 Å².